The number of hydrogen-bond acceptors (Lipinski definition) is 3. The van der Waals surface area contributed by atoms with Crippen LogP contribution in [-0.2, 0) is 4.79 Å². The fraction of sp³-hybridized carbons (Fsp3) is 0.111. The largest absolute Gasteiger partial charge is 0.478 e. The van der Waals surface area contributed by atoms with Crippen molar-refractivity contribution >= 4 is 43.8 Å². The van der Waals surface area contributed by atoms with E-state index in [0.29, 0.717) is 0 Å². The minimum atomic E-state index is -1.14. The van der Waals surface area contributed by atoms with Crippen LogP contribution in [0.3, 0.4) is 0 Å². The molecule has 0 atom stereocenters. The van der Waals surface area contributed by atoms with Crippen LogP contribution in [-0.4, -0.2) is 20.8 Å². The highest BCUT2D eigenvalue weighted by atomic mass is 79.9. The summed E-state index contributed by atoms with van der Waals surface area (Å²) in [6.45, 7) is 0. The molecule has 1 aromatic rings. The lowest BCUT2D eigenvalue weighted by atomic mass is 10.2. The summed E-state index contributed by atoms with van der Waals surface area (Å²) in [4.78, 5) is 21.9. The molecule has 0 radical (unpaired) electrons. The Morgan fingerprint density at radius 1 is 1.27 bits per heavy atom. The number of benzene rings is 1. The number of carbonyl (C=O) groups is 2. The zero-order valence-corrected chi connectivity index (χ0v) is 10.5. The molecular formula is C9H6Br2O4. The molecule has 6 heteroatoms. The molecule has 0 aromatic heterocycles. The Bertz CT molecular complexity index is 389. The van der Waals surface area contributed by atoms with Crippen molar-refractivity contribution in [1.82, 2.24) is 0 Å². The van der Waals surface area contributed by atoms with Gasteiger partial charge in [0, 0.05) is 0 Å². The summed E-state index contributed by atoms with van der Waals surface area (Å²) in [7, 11) is 0. The fourth-order valence-electron chi connectivity index (χ4n) is 0.885. The van der Waals surface area contributed by atoms with E-state index in [-0.39, 0.29) is 11.3 Å². The number of carboxylic acid groups (broad SMARTS) is 1. The summed E-state index contributed by atoms with van der Waals surface area (Å²) in [6, 6.07) is 5.93. The first kappa shape index (κ1) is 12.2. The van der Waals surface area contributed by atoms with Gasteiger partial charge < -0.3 is 9.84 Å². The highest BCUT2D eigenvalue weighted by molar-refractivity contribution is 9.25. The van der Waals surface area contributed by atoms with E-state index in [9.17, 15) is 9.59 Å². The van der Waals surface area contributed by atoms with Gasteiger partial charge in [0.1, 0.15) is 11.3 Å². The molecule has 0 unspecified atom stereocenters. The van der Waals surface area contributed by atoms with Gasteiger partial charge in [0.05, 0.1) is 0 Å². The lowest BCUT2D eigenvalue weighted by Crippen LogP contribution is -2.16. The zero-order chi connectivity index (χ0) is 11.4. The number of alkyl halides is 2. The first-order chi connectivity index (χ1) is 7.02. The van der Waals surface area contributed by atoms with Crippen molar-refractivity contribution < 1.29 is 19.4 Å². The van der Waals surface area contributed by atoms with Crippen molar-refractivity contribution in [2.45, 2.75) is 3.74 Å². The highest BCUT2D eigenvalue weighted by Gasteiger charge is 2.17. The quantitative estimate of drug-likeness (QED) is 0.522. The molecule has 0 amide bonds. The maximum atomic E-state index is 11.2. The summed E-state index contributed by atoms with van der Waals surface area (Å²) in [5, 5.41) is 8.80. The van der Waals surface area contributed by atoms with Crippen LogP contribution in [0.1, 0.15) is 10.4 Å². The Kier molecular flexibility index (Phi) is 4.28. The first-order valence-corrected chi connectivity index (χ1v) is 5.67. The Labute approximate surface area is 102 Å². The van der Waals surface area contributed by atoms with E-state index in [0.717, 1.165) is 0 Å². The fourth-order valence-corrected chi connectivity index (χ4v) is 1.07. The van der Waals surface area contributed by atoms with Gasteiger partial charge in [-0.25, -0.2) is 9.59 Å². The molecule has 0 heterocycles. The van der Waals surface area contributed by atoms with Crippen LogP contribution < -0.4 is 4.74 Å². The predicted molar refractivity (Wildman–Crippen MR) is 60.7 cm³/mol. The van der Waals surface area contributed by atoms with Crippen LogP contribution in [0.25, 0.3) is 0 Å². The number of esters is 1. The van der Waals surface area contributed by atoms with Crippen LogP contribution >= 0.6 is 31.9 Å². The zero-order valence-electron chi connectivity index (χ0n) is 7.31. The maximum Gasteiger partial charge on any atom is 0.339 e. The molecule has 0 fully saturated rings. The first-order valence-electron chi connectivity index (χ1n) is 3.84. The SMILES string of the molecule is O=C(O)c1ccccc1OC(=O)C(Br)Br. The van der Waals surface area contributed by atoms with E-state index < -0.39 is 15.7 Å². The number of hydrogen-bond donors (Lipinski definition) is 1. The number of halogens is 2. The number of carbonyl (C=O) groups excluding carboxylic acids is 1. The second kappa shape index (κ2) is 5.27. The van der Waals surface area contributed by atoms with Gasteiger partial charge in [-0.1, -0.05) is 44.0 Å². The monoisotopic (exact) mass is 336 g/mol. The van der Waals surface area contributed by atoms with Crippen molar-refractivity contribution in [1.29, 1.82) is 0 Å². The minimum Gasteiger partial charge on any atom is -0.478 e. The third-order valence-corrected chi connectivity index (χ3v) is 2.25. The van der Waals surface area contributed by atoms with E-state index in [1.54, 1.807) is 12.1 Å². The van der Waals surface area contributed by atoms with Gasteiger partial charge in [-0.2, -0.15) is 0 Å². The Balaban J connectivity index is 2.94. The van der Waals surface area contributed by atoms with E-state index >= 15 is 0 Å². The minimum absolute atomic E-state index is 0.0268. The normalized spacial score (nSPS) is 10.1. The summed E-state index contributed by atoms with van der Waals surface area (Å²) in [5.41, 5.74) is -0.0495. The average molecular weight is 338 g/mol. The number of para-hydroxylation sites is 1. The predicted octanol–water partition coefficient (Wildman–Crippen LogP) is 2.41. The molecular weight excluding hydrogens is 332 g/mol. The number of aromatic carboxylic acids is 1. The van der Waals surface area contributed by atoms with Crippen LogP contribution in [0, 0.1) is 0 Å². The summed E-state index contributed by atoms with van der Waals surface area (Å²) < 4.78 is 4.19. The lowest BCUT2D eigenvalue weighted by Gasteiger charge is -2.07. The summed E-state index contributed by atoms with van der Waals surface area (Å²) in [6.07, 6.45) is 0. The van der Waals surface area contributed by atoms with Gasteiger partial charge in [-0.05, 0) is 12.1 Å². The van der Waals surface area contributed by atoms with E-state index in [2.05, 4.69) is 31.9 Å². The van der Waals surface area contributed by atoms with Crippen LogP contribution in [0.2, 0.25) is 0 Å². The third-order valence-electron chi connectivity index (χ3n) is 1.51. The van der Waals surface area contributed by atoms with Crippen molar-refractivity contribution in [2.75, 3.05) is 0 Å². The molecule has 0 aliphatic rings. The van der Waals surface area contributed by atoms with Gasteiger partial charge >= 0.3 is 11.9 Å². The smallest absolute Gasteiger partial charge is 0.339 e. The lowest BCUT2D eigenvalue weighted by molar-refractivity contribution is -0.131. The van der Waals surface area contributed by atoms with Gasteiger partial charge in [0.15, 0.2) is 3.74 Å². The van der Waals surface area contributed by atoms with E-state index in [1.807, 2.05) is 0 Å². The molecule has 1 N–H and O–H groups in total. The van der Waals surface area contributed by atoms with E-state index in [4.69, 9.17) is 9.84 Å². The van der Waals surface area contributed by atoms with Crippen molar-refractivity contribution in [3.8, 4) is 5.75 Å². The third kappa shape index (κ3) is 3.32. The van der Waals surface area contributed by atoms with E-state index in [1.165, 1.54) is 12.1 Å². The molecule has 4 nitrogen and oxygen atoms in total. The van der Waals surface area contributed by atoms with Gasteiger partial charge in [0.25, 0.3) is 0 Å². The molecule has 1 rings (SSSR count). The molecule has 80 valence electrons. The Morgan fingerprint density at radius 2 is 1.87 bits per heavy atom. The van der Waals surface area contributed by atoms with Crippen molar-refractivity contribution in [2.24, 2.45) is 0 Å². The maximum absolute atomic E-state index is 11.2. The molecule has 15 heavy (non-hydrogen) atoms. The standard InChI is InChI=1S/C9H6Br2O4/c10-7(11)9(14)15-6-4-2-1-3-5(6)8(12)13/h1-4,7H,(H,12,13). The van der Waals surface area contributed by atoms with Gasteiger partial charge in [-0.15, -0.1) is 0 Å². The van der Waals surface area contributed by atoms with Gasteiger partial charge in [0.2, 0.25) is 0 Å². The number of rotatable bonds is 3. The molecule has 0 spiro atoms. The Hall–Kier alpha value is -0.880. The average Bonchev–Trinajstić information content (AvgIpc) is 2.18. The molecule has 0 saturated carbocycles. The highest BCUT2D eigenvalue weighted by Crippen LogP contribution is 2.20. The molecule has 0 saturated heterocycles. The van der Waals surface area contributed by atoms with Crippen LogP contribution in [0.5, 0.6) is 5.75 Å². The van der Waals surface area contributed by atoms with Crippen molar-refractivity contribution in [3.63, 3.8) is 0 Å². The summed E-state index contributed by atoms with van der Waals surface area (Å²) >= 11 is 5.91. The summed E-state index contributed by atoms with van der Waals surface area (Å²) in [5.74, 6) is -1.72. The Morgan fingerprint density at radius 3 is 2.40 bits per heavy atom. The van der Waals surface area contributed by atoms with Crippen LogP contribution in [0.15, 0.2) is 24.3 Å². The van der Waals surface area contributed by atoms with Gasteiger partial charge in [-0.3, -0.25) is 0 Å². The van der Waals surface area contributed by atoms with Crippen molar-refractivity contribution in [3.05, 3.63) is 29.8 Å². The molecule has 1 aromatic carbocycles. The number of ether oxygens (including phenoxy) is 1. The molecule has 0 aliphatic carbocycles. The second-order valence-corrected chi connectivity index (χ2v) is 5.58. The topological polar surface area (TPSA) is 63.6 Å². The molecule has 0 aliphatic heterocycles. The number of carboxylic acids is 1. The second-order valence-electron chi connectivity index (χ2n) is 2.52. The molecule has 0 bridgehead atoms. The van der Waals surface area contributed by atoms with Crippen LogP contribution in [0.4, 0.5) is 0 Å².